The number of para-hydroxylation sites is 1. The first kappa shape index (κ1) is 14.8. The van der Waals surface area contributed by atoms with Crippen LogP contribution in [-0.2, 0) is 6.54 Å². The summed E-state index contributed by atoms with van der Waals surface area (Å²) < 4.78 is 3.74. The number of nitrogens with zero attached hydrogens (tertiary/aromatic N) is 4. The molecule has 2 heterocycles. The van der Waals surface area contributed by atoms with Crippen LogP contribution in [0.4, 0.5) is 15.5 Å². The first-order chi connectivity index (χ1) is 10.7. The Labute approximate surface area is 133 Å². The Bertz CT molecular complexity index is 625. The Morgan fingerprint density at radius 3 is 2.86 bits per heavy atom. The van der Waals surface area contributed by atoms with Gasteiger partial charge in [-0.1, -0.05) is 22.7 Å². The topological polar surface area (TPSA) is 61.4 Å². The van der Waals surface area contributed by atoms with Crippen LogP contribution in [0.3, 0.4) is 0 Å². The summed E-state index contributed by atoms with van der Waals surface area (Å²) in [5, 5.41) is 7.17. The number of hydrogen-bond donors (Lipinski definition) is 1. The van der Waals surface area contributed by atoms with E-state index in [1.54, 1.807) is 18.1 Å². The minimum absolute atomic E-state index is 0.151. The monoisotopic (exact) mass is 317 g/mol. The SMILES string of the molecule is CN(Cc1ccccc1N1CCCC1)C(=O)Nc1cnns1. The van der Waals surface area contributed by atoms with Crippen molar-refractivity contribution in [3.63, 3.8) is 0 Å². The van der Waals surface area contributed by atoms with Crippen LogP contribution in [-0.4, -0.2) is 40.7 Å². The molecule has 0 saturated carbocycles. The molecule has 0 unspecified atom stereocenters. The summed E-state index contributed by atoms with van der Waals surface area (Å²) in [6.07, 6.45) is 4.03. The molecule has 22 heavy (non-hydrogen) atoms. The molecule has 1 aliphatic rings. The fourth-order valence-electron chi connectivity index (χ4n) is 2.66. The molecule has 3 rings (SSSR count). The number of carbonyl (C=O) groups is 1. The summed E-state index contributed by atoms with van der Waals surface area (Å²) in [6, 6.07) is 8.15. The van der Waals surface area contributed by atoms with Gasteiger partial charge in [-0.05, 0) is 24.5 Å². The maximum Gasteiger partial charge on any atom is 0.322 e. The minimum Gasteiger partial charge on any atom is -0.371 e. The van der Waals surface area contributed by atoms with E-state index < -0.39 is 0 Å². The summed E-state index contributed by atoms with van der Waals surface area (Å²) in [5.41, 5.74) is 2.41. The second-order valence-corrected chi connectivity index (χ2v) is 6.18. The number of nitrogens with one attached hydrogen (secondary N) is 1. The number of benzene rings is 1. The molecular formula is C15H19N5OS. The smallest absolute Gasteiger partial charge is 0.322 e. The van der Waals surface area contributed by atoms with E-state index in [1.165, 1.54) is 35.6 Å². The van der Waals surface area contributed by atoms with Crippen molar-refractivity contribution in [3.8, 4) is 0 Å². The molecular weight excluding hydrogens is 298 g/mol. The third-order valence-corrected chi connectivity index (χ3v) is 4.36. The molecule has 6 nitrogen and oxygen atoms in total. The molecule has 1 fully saturated rings. The van der Waals surface area contributed by atoms with Gasteiger partial charge in [-0.15, -0.1) is 5.10 Å². The third-order valence-electron chi connectivity index (χ3n) is 3.78. The van der Waals surface area contributed by atoms with E-state index in [-0.39, 0.29) is 6.03 Å². The summed E-state index contributed by atoms with van der Waals surface area (Å²) in [5.74, 6) is 0. The second-order valence-electron chi connectivity index (χ2n) is 5.39. The van der Waals surface area contributed by atoms with Gasteiger partial charge >= 0.3 is 6.03 Å². The Morgan fingerprint density at radius 1 is 1.36 bits per heavy atom. The highest BCUT2D eigenvalue weighted by Gasteiger charge is 2.17. The van der Waals surface area contributed by atoms with Gasteiger partial charge < -0.3 is 9.80 Å². The lowest BCUT2D eigenvalue weighted by molar-refractivity contribution is 0.221. The van der Waals surface area contributed by atoms with E-state index in [1.807, 2.05) is 6.07 Å². The lowest BCUT2D eigenvalue weighted by Crippen LogP contribution is -2.31. The maximum absolute atomic E-state index is 12.2. The summed E-state index contributed by atoms with van der Waals surface area (Å²) in [6.45, 7) is 2.77. The Morgan fingerprint density at radius 2 is 2.14 bits per heavy atom. The molecule has 1 saturated heterocycles. The summed E-state index contributed by atoms with van der Waals surface area (Å²) in [4.78, 5) is 16.3. The Kier molecular flexibility index (Phi) is 4.53. The van der Waals surface area contributed by atoms with Crippen LogP contribution in [0, 0.1) is 0 Å². The second kappa shape index (κ2) is 6.74. The van der Waals surface area contributed by atoms with Gasteiger partial charge in [0.1, 0.15) is 5.00 Å². The van der Waals surface area contributed by atoms with Crippen molar-refractivity contribution >= 4 is 28.3 Å². The van der Waals surface area contributed by atoms with E-state index in [0.717, 1.165) is 13.1 Å². The largest absolute Gasteiger partial charge is 0.371 e. The zero-order valence-electron chi connectivity index (χ0n) is 12.5. The highest BCUT2D eigenvalue weighted by Crippen LogP contribution is 2.25. The van der Waals surface area contributed by atoms with Gasteiger partial charge in [-0.3, -0.25) is 5.32 Å². The van der Waals surface area contributed by atoms with Gasteiger partial charge in [0.05, 0.1) is 6.20 Å². The number of aromatic nitrogens is 2. The number of urea groups is 1. The molecule has 2 aromatic rings. The van der Waals surface area contributed by atoms with Gasteiger partial charge in [0.2, 0.25) is 0 Å². The lowest BCUT2D eigenvalue weighted by Gasteiger charge is -2.24. The average Bonchev–Trinajstić information content (AvgIpc) is 3.21. The number of hydrogen-bond acceptors (Lipinski definition) is 5. The Balaban J connectivity index is 1.68. The van der Waals surface area contributed by atoms with Crippen LogP contribution < -0.4 is 10.2 Å². The van der Waals surface area contributed by atoms with Gasteiger partial charge in [-0.25, -0.2) is 4.79 Å². The quantitative estimate of drug-likeness (QED) is 0.942. The van der Waals surface area contributed by atoms with Crippen LogP contribution in [0.5, 0.6) is 0 Å². The molecule has 1 N–H and O–H groups in total. The zero-order valence-corrected chi connectivity index (χ0v) is 13.3. The number of anilines is 2. The van der Waals surface area contributed by atoms with Gasteiger partial charge in [0, 0.05) is 43.9 Å². The fourth-order valence-corrected chi connectivity index (χ4v) is 3.07. The number of rotatable bonds is 4. The standard InChI is InChI=1S/C15H19N5OS/c1-19(15(21)17-14-10-16-18-22-14)11-12-6-2-3-7-13(12)20-8-4-5-9-20/h2-3,6-7,10H,4-5,8-9,11H2,1H3,(H,17,21). The van der Waals surface area contributed by atoms with Crippen molar-refractivity contribution < 1.29 is 4.79 Å². The van der Waals surface area contributed by atoms with Crippen LogP contribution >= 0.6 is 11.5 Å². The summed E-state index contributed by atoms with van der Waals surface area (Å²) in [7, 11) is 1.80. The van der Waals surface area contributed by atoms with E-state index >= 15 is 0 Å². The van der Waals surface area contributed by atoms with Crippen LogP contribution in [0.25, 0.3) is 0 Å². The zero-order chi connectivity index (χ0) is 15.4. The molecule has 0 aliphatic carbocycles. The van der Waals surface area contributed by atoms with Crippen molar-refractivity contribution in [2.75, 3.05) is 30.4 Å². The molecule has 0 atom stereocenters. The molecule has 7 heteroatoms. The number of carbonyl (C=O) groups excluding carboxylic acids is 1. The van der Waals surface area contributed by atoms with Crippen molar-refractivity contribution in [1.82, 2.24) is 14.5 Å². The minimum atomic E-state index is -0.151. The lowest BCUT2D eigenvalue weighted by atomic mass is 10.1. The van der Waals surface area contributed by atoms with Gasteiger partial charge in [0.25, 0.3) is 0 Å². The Hall–Kier alpha value is -2.15. The molecule has 116 valence electrons. The highest BCUT2D eigenvalue weighted by atomic mass is 32.1. The highest BCUT2D eigenvalue weighted by molar-refractivity contribution is 7.10. The van der Waals surface area contributed by atoms with Crippen molar-refractivity contribution in [3.05, 3.63) is 36.0 Å². The molecule has 1 aromatic carbocycles. The average molecular weight is 317 g/mol. The van der Waals surface area contributed by atoms with Crippen LogP contribution in [0.2, 0.25) is 0 Å². The predicted molar refractivity (Wildman–Crippen MR) is 88.3 cm³/mol. The third kappa shape index (κ3) is 3.36. The molecule has 1 aromatic heterocycles. The normalized spacial score (nSPS) is 14.1. The van der Waals surface area contributed by atoms with Gasteiger partial charge in [-0.2, -0.15) is 0 Å². The van der Waals surface area contributed by atoms with E-state index in [9.17, 15) is 4.79 Å². The molecule has 2 amide bonds. The van der Waals surface area contributed by atoms with Crippen molar-refractivity contribution in [2.45, 2.75) is 19.4 Å². The van der Waals surface area contributed by atoms with Gasteiger partial charge in [0.15, 0.2) is 0 Å². The molecule has 0 radical (unpaired) electrons. The number of amides is 2. The van der Waals surface area contributed by atoms with E-state index in [2.05, 4.69) is 38.0 Å². The molecule has 0 bridgehead atoms. The predicted octanol–water partition coefficient (Wildman–Crippen LogP) is 2.80. The van der Waals surface area contributed by atoms with Crippen LogP contribution in [0.15, 0.2) is 30.5 Å². The van der Waals surface area contributed by atoms with Crippen LogP contribution in [0.1, 0.15) is 18.4 Å². The maximum atomic E-state index is 12.2. The van der Waals surface area contributed by atoms with E-state index in [0.29, 0.717) is 11.5 Å². The fraction of sp³-hybridized carbons (Fsp3) is 0.400. The van der Waals surface area contributed by atoms with Crippen molar-refractivity contribution in [2.24, 2.45) is 0 Å². The van der Waals surface area contributed by atoms with Crippen molar-refractivity contribution in [1.29, 1.82) is 0 Å². The van der Waals surface area contributed by atoms with E-state index in [4.69, 9.17) is 0 Å². The molecule has 1 aliphatic heterocycles. The summed E-state index contributed by atoms with van der Waals surface area (Å²) >= 11 is 1.17. The first-order valence-corrected chi connectivity index (χ1v) is 8.14. The molecule has 0 spiro atoms. The first-order valence-electron chi connectivity index (χ1n) is 7.36.